The number of aromatic nitrogens is 1. The first-order valence-electron chi connectivity index (χ1n) is 5.70. The molecular weight excluding hydrogens is 191 g/mol. The molecule has 1 aliphatic rings. The number of nitrogens with zero attached hydrogens (tertiary/aromatic N) is 1. The SMILES string of the molecule is Fc1ccc(NCCC2CCCC2)nc1. The zero-order valence-corrected chi connectivity index (χ0v) is 8.88. The molecule has 82 valence electrons. The zero-order chi connectivity index (χ0) is 10.5. The van der Waals surface area contributed by atoms with E-state index in [0.717, 1.165) is 18.3 Å². The van der Waals surface area contributed by atoms with Gasteiger partial charge in [0.05, 0.1) is 6.20 Å². The highest BCUT2D eigenvalue weighted by molar-refractivity contribution is 5.33. The first kappa shape index (κ1) is 10.4. The van der Waals surface area contributed by atoms with Crippen molar-refractivity contribution in [3.05, 3.63) is 24.1 Å². The van der Waals surface area contributed by atoms with Crippen LogP contribution < -0.4 is 5.32 Å². The standard InChI is InChI=1S/C12H17FN2/c13-11-5-6-12(15-9-11)14-8-7-10-3-1-2-4-10/h5-6,9-10H,1-4,7-8H2,(H,14,15). The van der Waals surface area contributed by atoms with Gasteiger partial charge in [-0.15, -0.1) is 0 Å². The summed E-state index contributed by atoms with van der Waals surface area (Å²) in [5.74, 6) is 1.38. The molecule has 1 fully saturated rings. The molecular formula is C12H17FN2. The molecule has 3 heteroatoms. The van der Waals surface area contributed by atoms with E-state index in [1.807, 2.05) is 0 Å². The first-order chi connectivity index (χ1) is 7.34. The largest absolute Gasteiger partial charge is 0.370 e. The number of pyridine rings is 1. The molecule has 0 aromatic carbocycles. The van der Waals surface area contributed by atoms with Gasteiger partial charge in [-0.3, -0.25) is 0 Å². The number of halogens is 1. The van der Waals surface area contributed by atoms with Crippen molar-refractivity contribution in [1.82, 2.24) is 4.98 Å². The van der Waals surface area contributed by atoms with E-state index in [9.17, 15) is 4.39 Å². The summed E-state index contributed by atoms with van der Waals surface area (Å²) in [6.45, 7) is 0.948. The summed E-state index contributed by atoms with van der Waals surface area (Å²) in [7, 11) is 0. The van der Waals surface area contributed by atoms with Crippen LogP contribution in [0, 0.1) is 11.7 Å². The Morgan fingerprint density at radius 3 is 2.80 bits per heavy atom. The monoisotopic (exact) mass is 208 g/mol. The van der Waals surface area contributed by atoms with E-state index in [1.54, 1.807) is 6.07 Å². The van der Waals surface area contributed by atoms with Crippen LogP contribution in [0.3, 0.4) is 0 Å². The van der Waals surface area contributed by atoms with Crippen LogP contribution in [0.2, 0.25) is 0 Å². The van der Waals surface area contributed by atoms with E-state index in [2.05, 4.69) is 10.3 Å². The third-order valence-corrected chi connectivity index (χ3v) is 3.06. The number of nitrogens with one attached hydrogen (secondary N) is 1. The number of rotatable bonds is 4. The van der Waals surface area contributed by atoms with E-state index in [0.29, 0.717) is 0 Å². The highest BCUT2D eigenvalue weighted by Gasteiger charge is 2.13. The average molecular weight is 208 g/mol. The Labute approximate surface area is 89.9 Å². The van der Waals surface area contributed by atoms with Crippen LogP contribution >= 0.6 is 0 Å². The van der Waals surface area contributed by atoms with E-state index in [1.165, 1.54) is 44.4 Å². The Kier molecular flexibility index (Phi) is 3.54. The van der Waals surface area contributed by atoms with Crippen LogP contribution in [0.5, 0.6) is 0 Å². The maximum atomic E-state index is 12.6. The summed E-state index contributed by atoms with van der Waals surface area (Å²) < 4.78 is 12.6. The molecule has 1 aromatic heterocycles. The summed E-state index contributed by atoms with van der Waals surface area (Å²) in [6.07, 6.45) is 7.98. The van der Waals surface area contributed by atoms with Gasteiger partial charge in [-0.05, 0) is 24.5 Å². The number of hydrogen-bond donors (Lipinski definition) is 1. The van der Waals surface area contributed by atoms with Crippen molar-refractivity contribution >= 4 is 5.82 Å². The Morgan fingerprint density at radius 2 is 2.13 bits per heavy atom. The van der Waals surface area contributed by atoms with Gasteiger partial charge < -0.3 is 5.32 Å². The second-order valence-electron chi connectivity index (χ2n) is 4.23. The molecule has 0 unspecified atom stereocenters. The van der Waals surface area contributed by atoms with Gasteiger partial charge in [0, 0.05) is 6.54 Å². The minimum absolute atomic E-state index is 0.281. The van der Waals surface area contributed by atoms with Crippen LogP contribution in [0.25, 0.3) is 0 Å². The van der Waals surface area contributed by atoms with Gasteiger partial charge in [-0.25, -0.2) is 9.37 Å². The maximum Gasteiger partial charge on any atom is 0.141 e. The van der Waals surface area contributed by atoms with Crippen molar-refractivity contribution in [3.8, 4) is 0 Å². The lowest BCUT2D eigenvalue weighted by Crippen LogP contribution is -2.07. The molecule has 1 aliphatic carbocycles. The zero-order valence-electron chi connectivity index (χ0n) is 8.88. The minimum atomic E-state index is -0.281. The van der Waals surface area contributed by atoms with Gasteiger partial charge in [-0.1, -0.05) is 25.7 Å². The smallest absolute Gasteiger partial charge is 0.141 e. The van der Waals surface area contributed by atoms with Crippen LogP contribution in [0.1, 0.15) is 32.1 Å². The number of anilines is 1. The normalized spacial score (nSPS) is 16.9. The first-order valence-corrected chi connectivity index (χ1v) is 5.70. The molecule has 1 aromatic rings. The van der Waals surface area contributed by atoms with Gasteiger partial charge >= 0.3 is 0 Å². The fraction of sp³-hybridized carbons (Fsp3) is 0.583. The topological polar surface area (TPSA) is 24.9 Å². The van der Waals surface area contributed by atoms with Crippen molar-refractivity contribution in [2.24, 2.45) is 5.92 Å². The van der Waals surface area contributed by atoms with Crippen molar-refractivity contribution in [1.29, 1.82) is 0 Å². The predicted octanol–water partition coefficient (Wildman–Crippen LogP) is 3.21. The van der Waals surface area contributed by atoms with Crippen molar-refractivity contribution in [2.75, 3.05) is 11.9 Å². The van der Waals surface area contributed by atoms with Crippen LogP contribution in [-0.2, 0) is 0 Å². The quantitative estimate of drug-likeness (QED) is 0.821. The van der Waals surface area contributed by atoms with Crippen LogP contribution in [0.15, 0.2) is 18.3 Å². The molecule has 0 atom stereocenters. The second kappa shape index (κ2) is 5.10. The van der Waals surface area contributed by atoms with Gasteiger partial charge in [0.15, 0.2) is 0 Å². The minimum Gasteiger partial charge on any atom is -0.370 e. The lowest BCUT2D eigenvalue weighted by molar-refractivity contribution is 0.518. The third kappa shape index (κ3) is 3.18. The van der Waals surface area contributed by atoms with E-state index in [-0.39, 0.29) is 5.82 Å². The van der Waals surface area contributed by atoms with Crippen LogP contribution in [-0.4, -0.2) is 11.5 Å². The predicted molar refractivity (Wildman–Crippen MR) is 59.3 cm³/mol. The molecule has 1 heterocycles. The lowest BCUT2D eigenvalue weighted by atomic mass is 10.0. The molecule has 0 amide bonds. The molecule has 0 radical (unpaired) electrons. The van der Waals surface area contributed by atoms with E-state index in [4.69, 9.17) is 0 Å². The highest BCUT2D eigenvalue weighted by Crippen LogP contribution is 2.27. The Bertz CT molecular complexity index is 291. The van der Waals surface area contributed by atoms with Gasteiger partial charge in [0.25, 0.3) is 0 Å². The summed E-state index contributed by atoms with van der Waals surface area (Å²) in [5, 5.41) is 3.22. The summed E-state index contributed by atoms with van der Waals surface area (Å²) in [5.41, 5.74) is 0. The third-order valence-electron chi connectivity index (χ3n) is 3.06. The summed E-state index contributed by atoms with van der Waals surface area (Å²) in [4.78, 5) is 3.96. The second-order valence-corrected chi connectivity index (χ2v) is 4.23. The fourth-order valence-corrected chi connectivity index (χ4v) is 2.18. The van der Waals surface area contributed by atoms with E-state index < -0.39 is 0 Å². The Hall–Kier alpha value is -1.12. The molecule has 0 spiro atoms. The molecule has 2 rings (SSSR count). The molecule has 15 heavy (non-hydrogen) atoms. The molecule has 0 saturated heterocycles. The van der Waals surface area contributed by atoms with Gasteiger partial charge in [0.1, 0.15) is 11.6 Å². The summed E-state index contributed by atoms with van der Waals surface area (Å²) in [6, 6.07) is 3.12. The van der Waals surface area contributed by atoms with Crippen molar-refractivity contribution in [3.63, 3.8) is 0 Å². The van der Waals surface area contributed by atoms with E-state index >= 15 is 0 Å². The van der Waals surface area contributed by atoms with Crippen molar-refractivity contribution in [2.45, 2.75) is 32.1 Å². The molecule has 1 saturated carbocycles. The Balaban J connectivity index is 1.71. The van der Waals surface area contributed by atoms with Gasteiger partial charge in [-0.2, -0.15) is 0 Å². The molecule has 0 aliphatic heterocycles. The molecule has 1 N–H and O–H groups in total. The highest BCUT2D eigenvalue weighted by atomic mass is 19.1. The fourth-order valence-electron chi connectivity index (χ4n) is 2.18. The van der Waals surface area contributed by atoms with Crippen LogP contribution in [0.4, 0.5) is 10.2 Å². The summed E-state index contributed by atoms with van der Waals surface area (Å²) >= 11 is 0. The maximum absolute atomic E-state index is 12.6. The van der Waals surface area contributed by atoms with Crippen molar-refractivity contribution < 1.29 is 4.39 Å². The number of hydrogen-bond acceptors (Lipinski definition) is 2. The van der Waals surface area contributed by atoms with Gasteiger partial charge in [0.2, 0.25) is 0 Å². The lowest BCUT2D eigenvalue weighted by Gasteiger charge is -2.09. The Morgan fingerprint density at radius 1 is 1.33 bits per heavy atom. The molecule has 0 bridgehead atoms. The average Bonchev–Trinajstić information content (AvgIpc) is 2.74. The molecule has 2 nitrogen and oxygen atoms in total.